The maximum atomic E-state index is 12.8. The number of nitrogens with one attached hydrogen (secondary N) is 2. The van der Waals surface area contributed by atoms with Gasteiger partial charge in [-0.05, 0) is 56.7 Å². The highest BCUT2D eigenvalue weighted by Gasteiger charge is 2.19. The molecule has 0 fully saturated rings. The van der Waals surface area contributed by atoms with E-state index < -0.39 is 18.7 Å². The molecule has 1 aromatic rings. The third kappa shape index (κ3) is 7.42. The summed E-state index contributed by atoms with van der Waals surface area (Å²) in [6.07, 6.45) is 5.15. The van der Waals surface area contributed by atoms with Gasteiger partial charge in [-0.25, -0.2) is 14.2 Å². The number of amides is 1. The van der Waals surface area contributed by atoms with E-state index in [4.69, 9.17) is 5.11 Å². The van der Waals surface area contributed by atoms with Gasteiger partial charge in [-0.3, -0.25) is 4.79 Å². The second-order valence-corrected chi connectivity index (χ2v) is 7.21. The van der Waals surface area contributed by atoms with Crippen LogP contribution < -0.4 is 10.6 Å². The summed E-state index contributed by atoms with van der Waals surface area (Å²) in [4.78, 5) is 28.9. The number of nitrogens with zero attached hydrogens (tertiary/aromatic N) is 2. The van der Waals surface area contributed by atoms with Gasteiger partial charge in [0, 0.05) is 32.3 Å². The zero-order valence-corrected chi connectivity index (χ0v) is 16.5. The molecule has 0 radical (unpaired) electrons. The Morgan fingerprint density at radius 2 is 2.14 bits per heavy atom. The van der Waals surface area contributed by atoms with Crippen LogP contribution in [0.25, 0.3) is 0 Å². The van der Waals surface area contributed by atoms with Gasteiger partial charge in [0.25, 0.3) is 0 Å². The number of anilines is 1. The van der Waals surface area contributed by atoms with Gasteiger partial charge in [0.15, 0.2) is 0 Å². The second-order valence-electron chi connectivity index (χ2n) is 7.21. The minimum atomic E-state index is -1.07. The summed E-state index contributed by atoms with van der Waals surface area (Å²) in [6, 6.07) is 3.29. The highest BCUT2D eigenvalue weighted by atomic mass is 19.1. The summed E-state index contributed by atoms with van der Waals surface area (Å²) in [7, 11) is 0. The first-order valence-electron chi connectivity index (χ1n) is 10.0. The normalized spacial score (nSPS) is 14.2. The molecule has 1 amide bonds. The molecule has 0 saturated heterocycles. The van der Waals surface area contributed by atoms with E-state index >= 15 is 0 Å². The van der Waals surface area contributed by atoms with Gasteiger partial charge in [0.1, 0.15) is 18.5 Å². The van der Waals surface area contributed by atoms with Crippen LogP contribution in [0.15, 0.2) is 12.1 Å². The molecular weight excluding hydrogens is 363 g/mol. The monoisotopic (exact) mass is 394 g/mol. The van der Waals surface area contributed by atoms with Gasteiger partial charge in [0.05, 0.1) is 0 Å². The Morgan fingerprint density at radius 3 is 2.86 bits per heavy atom. The smallest absolute Gasteiger partial charge is 0.326 e. The number of halogens is 1. The van der Waals surface area contributed by atoms with Crippen molar-refractivity contribution in [2.45, 2.75) is 51.5 Å². The van der Waals surface area contributed by atoms with Crippen molar-refractivity contribution in [3.63, 3.8) is 0 Å². The maximum Gasteiger partial charge on any atom is 0.326 e. The predicted molar refractivity (Wildman–Crippen MR) is 106 cm³/mol. The Labute approximate surface area is 165 Å². The Bertz CT molecular complexity index is 656. The third-order valence-electron chi connectivity index (χ3n) is 4.92. The topological polar surface area (TPSA) is 94.6 Å². The molecule has 156 valence electrons. The van der Waals surface area contributed by atoms with Crippen molar-refractivity contribution in [1.29, 1.82) is 0 Å². The molecular formula is C20H31FN4O3. The van der Waals surface area contributed by atoms with E-state index in [9.17, 15) is 14.0 Å². The third-order valence-corrected chi connectivity index (χ3v) is 4.92. The van der Waals surface area contributed by atoms with E-state index in [-0.39, 0.29) is 18.9 Å². The summed E-state index contributed by atoms with van der Waals surface area (Å²) >= 11 is 0. The van der Waals surface area contributed by atoms with Crippen molar-refractivity contribution in [2.24, 2.45) is 0 Å². The van der Waals surface area contributed by atoms with E-state index in [0.29, 0.717) is 13.1 Å². The van der Waals surface area contributed by atoms with Crippen molar-refractivity contribution in [3.8, 4) is 0 Å². The van der Waals surface area contributed by atoms with E-state index in [1.807, 2.05) is 4.90 Å². The number of hydrogen-bond acceptors (Lipinski definition) is 5. The first-order valence-corrected chi connectivity index (χ1v) is 10.0. The highest BCUT2D eigenvalue weighted by Crippen LogP contribution is 2.20. The molecule has 2 rings (SSSR count). The molecule has 1 aromatic heterocycles. The number of carbonyl (C=O) groups is 2. The molecule has 0 aliphatic carbocycles. The zero-order chi connectivity index (χ0) is 20.4. The fourth-order valence-corrected chi connectivity index (χ4v) is 3.42. The number of rotatable bonds is 12. The van der Waals surface area contributed by atoms with Crippen LogP contribution in [-0.2, 0) is 22.4 Å². The van der Waals surface area contributed by atoms with Crippen LogP contribution in [0.5, 0.6) is 0 Å². The predicted octanol–water partition coefficient (Wildman–Crippen LogP) is 2.01. The summed E-state index contributed by atoms with van der Waals surface area (Å²) in [5.41, 5.74) is 2.33. The van der Waals surface area contributed by atoms with Gasteiger partial charge >= 0.3 is 5.97 Å². The largest absolute Gasteiger partial charge is 0.480 e. The molecule has 0 saturated carbocycles. The Balaban J connectivity index is 1.75. The van der Waals surface area contributed by atoms with Crippen LogP contribution in [0.2, 0.25) is 0 Å². The molecule has 0 bridgehead atoms. The van der Waals surface area contributed by atoms with Crippen LogP contribution in [0.1, 0.15) is 43.9 Å². The molecule has 1 aliphatic rings. The average Bonchev–Trinajstić information content (AvgIpc) is 2.67. The zero-order valence-electron chi connectivity index (χ0n) is 16.5. The van der Waals surface area contributed by atoms with E-state index in [1.54, 1.807) is 0 Å². The first kappa shape index (κ1) is 22.1. The molecule has 1 aliphatic heterocycles. The fourth-order valence-electron chi connectivity index (χ4n) is 3.42. The first-order chi connectivity index (χ1) is 13.5. The number of aromatic nitrogens is 1. The lowest BCUT2D eigenvalue weighted by atomic mass is 10.1. The van der Waals surface area contributed by atoms with Crippen molar-refractivity contribution in [2.75, 3.05) is 38.2 Å². The summed E-state index contributed by atoms with van der Waals surface area (Å²) in [6.45, 7) is 3.18. The highest BCUT2D eigenvalue weighted by molar-refractivity contribution is 5.82. The molecule has 0 aromatic carbocycles. The number of alkyl halides is 1. The minimum absolute atomic E-state index is 0.257. The standard InChI is InChI=1S/C20H31FN4O3/c1-15(26)23-18(20(27)28)9-13-25(14-10-21)12-3-2-6-17-8-7-16-5-4-11-22-19(16)24-17/h7-8,18H,2-6,9-14H2,1H3,(H,22,24)(H,23,26)(H,27,28). The lowest BCUT2D eigenvalue weighted by molar-refractivity contribution is -0.141. The summed E-state index contributed by atoms with van der Waals surface area (Å²) in [5, 5.41) is 14.9. The van der Waals surface area contributed by atoms with Crippen LogP contribution in [0.4, 0.5) is 10.2 Å². The average molecular weight is 394 g/mol. The Morgan fingerprint density at radius 1 is 1.32 bits per heavy atom. The van der Waals surface area contributed by atoms with Gasteiger partial charge < -0.3 is 20.6 Å². The molecule has 8 heteroatoms. The molecule has 0 spiro atoms. The minimum Gasteiger partial charge on any atom is -0.480 e. The Hall–Kier alpha value is -2.22. The van der Waals surface area contributed by atoms with E-state index in [1.165, 1.54) is 12.5 Å². The van der Waals surface area contributed by atoms with Crippen LogP contribution in [0.3, 0.4) is 0 Å². The molecule has 3 N–H and O–H groups in total. The van der Waals surface area contributed by atoms with Gasteiger partial charge in [-0.2, -0.15) is 0 Å². The van der Waals surface area contributed by atoms with Crippen molar-refractivity contribution in [1.82, 2.24) is 15.2 Å². The number of aliphatic carboxylic acids is 1. The SMILES string of the molecule is CC(=O)NC(CCN(CCF)CCCCc1ccc2c(n1)NCCC2)C(=O)O. The number of pyridine rings is 1. The van der Waals surface area contributed by atoms with Gasteiger partial charge in [-0.1, -0.05) is 6.07 Å². The summed E-state index contributed by atoms with van der Waals surface area (Å²) in [5.74, 6) is -0.445. The fraction of sp³-hybridized carbons (Fsp3) is 0.650. The molecule has 1 atom stereocenters. The van der Waals surface area contributed by atoms with Gasteiger partial charge in [0.2, 0.25) is 5.91 Å². The van der Waals surface area contributed by atoms with E-state index in [0.717, 1.165) is 50.2 Å². The number of fused-ring (bicyclic) bond motifs is 1. The summed E-state index contributed by atoms with van der Waals surface area (Å²) < 4.78 is 12.8. The number of hydrogen-bond donors (Lipinski definition) is 3. The quantitative estimate of drug-likeness (QED) is 0.470. The molecule has 28 heavy (non-hydrogen) atoms. The lowest BCUT2D eigenvalue weighted by Gasteiger charge is -2.23. The van der Waals surface area contributed by atoms with Crippen molar-refractivity contribution >= 4 is 17.7 Å². The van der Waals surface area contributed by atoms with Crippen molar-refractivity contribution < 1.29 is 19.1 Å². The number of aryl methyl sites for hydroxylation is 2. The number of unbranched alkanes of at least 4 members (excludes halogenated alkanes) is 1. The molecule has 1 unspecified atom stereocenters. The van der Waals surface area contributed by atoms with Crippen LogP contribution in [0, 0.1) is 0 Å². The lowest BCUT2D eigenvalue weighted by Crippen LogP contribution is -2.42. The number of carboxylic acid groups (broad SMARTS) is 1. The van der Waals surface area contributed by atoms with Crippen molar-refractivity contribution in [3.05, 3.63) is 23.4 Å². The Kier molecular flexibility index (Phi) is 9.13. The van der Waals surface area contributed by atoms with Crippen LogP contribution in [-0.4, -0.2) is 65.8 Å². The number of carbonyl (C=O) groups excluding carboxylic acids is 1. The second kappa shape index (κ2) is 11.6. The maximum absolute atomic E-state index is 12.8. The number of carboxylic acids is 1. The van der Waals surface area contributed by atoms with E-state index in [2.05, 4.69) is 27.8 Å². The van der Waals surface area contributed by atoms with Crippen LogP contribution >= 0.6 is 0 Å². The van der Waals surface area contributed by atoms with Gasteiger partial charge in [-0.15, -0.1) is 0 Å². The molecule has 7 nitrogen and oxygen atoms in total. The molecule has 2 heterocycles.